The Morgan fingerprint density at radius 2 is 2.06 bits per heavy atom. The first-order valence-electron chi connectivity index (χ1n) is 6.17. The van der Waals surface area contributed by atoms with Crippen LogP contribution in [0.1, 0.15) is 38.3 Å². The second kappa shape index (κ2) is 5.13. The molecule has 2 rings (SSSR count). The summed E-state index contributed by atoms with van der Waals surface area (Å²) in [7, 11) is 2.07. The van der Waals surface area contributed by atoms with Crippen molar-refractivity contribution in [1.29, 1.82) is 5.26 Å². The Kier molecular flexibility index (Phi) is 3.58. The molecule has 0 radical (unpaired) electrons. The van der Waals surface area contributed by atoms with E-state index in [0.717, 1.165) is 5.82 Å². The normalized spacial score (nSPS) is 24.1. The third kappa shape index (κ3) is 2.55. The van der Waals surface area contributed by atoms with Crippen LogP contribution in [0.4, 0.5) is 5.82 Å². The highest BCUT2D eigenvalue weighted by Gasteiger charge is 2.25. The van der Waals surface area contributed by atoms with Gasteiger partial charge < -0.3 is 4.90 Å². The van der Waals surface area contributed by atoms with E-state index in [1.165, 1.54) is 25.7 Å². The largest absolute Gasteiger partial charge is 0.355 e. The fourth-order valence-corrected chi connectivity index (χ4v) is 2.60. The summed E-state index contributed by atoms with van der Waals surface area (Å²) < 4.78 is 0. The Balaban J connectivity index is 2.12. The SMILES string of the molecule is CC1CCCCC1N(C)c1cnc(C#N)cn1. The summed E-state index contributed by atoms with van der Waals surface area (Å²) in [5.74, 6) is 1.56. The lowest BCUT2D eigenvalue weighted by Gasteiger charge is -2.36. The van der Waals surface area contributed by atoms with Crippen LogP contribution in [0.5, 0.6) is 0 Å². The van der Waals surface area contributed by atoms with Gasteiger partial charge >= 0.3 is 0 Å². The van der Waals surface area contributed by atoms with E-state index in [2.05, 4.69) is 28.8 Å². The molecule has 0 aliphatic heterocycles. The van der Waals surface area contributed by atoms with Crippen LogP contribution in [0.25, 0.3) is 0 Å². The Morgan fingerprint density at radius 3 is 2.65 bits per heavy atom. The van der Waals surface area contributed by atoms with Crippen molar-refractivity contribution in [2.45, 2.75) is 38.6 Å². The number of anilines is 1. The molecule has 0 amide bonds. The Hall–Kier alpha value is -1.63. The van der Waals surface area contributed by atoms with Crippen molar-refractivity contribution in [3.8, 4) is 6.07 Å². The second-order valence-electron chi connectivity index (χ2n) is 4.81. The van der Waals surface area contributed by atoms with Crippen LogP contribution in [0.3, 0.4) is 0 Å². The maximum atomic E-state index is 8.69. The number of nitrogens with zero attached hydrogens (tertiary/aromatic N) is 4. The lowest BCUT2D eigenvalue weighted by molar-refractivity contribution is 0.320. The zero-order valence-electron chi connectivity index (χ0n) is 10.4. The van der Waals surface area contributed by atoms with Crippen molar-refractivity contribution in [3.05, 3.63) is 18.1 Å². The smallest absolute Gasteiger partial charge is 0.158 e. The molecule has 0 saturated heterocycles. The zero-order valence-corrected chi connectivity index (χ0v) is 10.4. The van der Waals surface area contributed by atoms with E-state index in [-0.39, 0.29) is 0 Å². The summed E-state index contributed by atoms with van der Waals surface area (Å²) in [6.07, 6.45) is 8.38. The first-order valence-corrected chi connectivity index (χ1v) is 6.17. The van der Waals surface area contributed by atoms with Crippen LogP contribution < -0.4 is 4.90 Å². The molecule has 90 valence electrons. The van der Waals surface area contributed by atoms with Gasteiger partial charge in [0.05, 0.1) is 12.4 Å². The molecule has 1 aromatic heterocycles. The molecule has 1 aliphatic rings. The number of hydrogen-bond donors (Lipinski definition) is 0. The number of hydrogen-bond acceptors (Lipinski definition) is 4. The number of rotatable bonds is 2. The van der Waals surface area contributed by atoms with Gasteiger partial charge in [-0.3, -0.25) is 0 Å². The highest BCUT2D eigenvalue weighted by atomic mass is 15.2. The predicted octanol–water partition coefficient (Wildman–Crippen LogP) is 2.36. The lowest BCUT2D eigenvalue weighted by Crippen LogP contribution is -2.39. The van der Waals surface area contributed by atoms with Crippen molar-refractivity contribution in [3.63, 3.8) is 0 Å². The van der Waals surface area contributed by atoms with E-state index < -0.39 is 0 Å². The minimum atomic E-state index is 0.374. The van der Waals surface area contributed by atoms with Crippen LogP contribution in [-0.2, 0) is 0 Å². The molecule has 2 unspecified atom stereocenters. The van der Waals surface area contributed by atoms with Crippen molar-refractivity contribution in [2.24, 2.45) is 5.92 Å². The van der Waals surface area contributed by atoms with Crippen molar-refractivity contribution >= 4 is 5.82 Å². The summed E-state index contributed by atoms with van der Waals surface area (Å²) in [6.45, 7) is 2.30. The molecule has 1 heterocycles. The molecule has 1 fully saturated rings. The first kappa shape index (κ1) is 11.8. The van der Waals surface area contributed by atoms with E-state index in [1.807, 2.05) is 6.07 Å². The van der Waals surface area contributed by atoms with Crippen LogP contribution >= 0.6 is 0 Å². The second-order valence-corrected chi connectivity index (χ2v) is 4.81. The average molecular weight is 230 g/mol. The molecule has 17 heavy (non-hydrogen) atoms. The highest BCUT2D eigenvalue weighted by molar-refractivity contribution is 5.37. The third-order valence-corrected chi connectivity index (χ3v) is 3.68. The van der Waals surface area contributed by atoms with Crippen molar-refractivity contribution in [2.75, 3.05) is 11.9 Å². The van der Waals surface area contributed by atoms with Gasteiger partial charge in [0.1, 0.15) is 11.9 Å². The van der Waals surface area contributed by atoms with Gasteiger partial charge in [-0.1, -0.05) is 19.8 Å². The molecule has 4 heteroatoms. The molecule has 4 nitrogen and oxygen atoms in total. The van der Waals surface area contributed by atoms with Crippen molar-refractivity contribution < 1.29 is 0 Å². The highest BCUT2D eigenvalue weighted by Crippen LogP contribution is 2.29. The molecular formula is C13H18N4. The lowest BCUT2D eigenvalue weighted by atomic mass is 9.85. The van der Waals surface area contributed by atoms with Gasteiger partial charge in [0.2, 0.25) is 0 Å². The fourth-order valence-electron chi connectivity index (χ4n) is 2.60. The average Bonchev–Trinajstić information content (AvgIpc) is 2.39. The van der Waals surface area contributed by atoms with Gasteiger partial charge in [-0.25, -0.2) is 9.97 Å². The summed E-state index contributed by atoms with van der Waals surface area (Å²) >= 11 is 0. The van der Waals surface area contributed by atoms with E-state index in [0.29, 0.717) is 17.7 Å². The topological polar surface area (TPSA) is 52.8 Å². The van der Waals surface area contributed by atoms with Gasteiger partial charge in [0.15, 0.2) is 5.69 Å². The van der Waals surface area contributed by atoms with Crippen LogP contribution in [0.15, 0.2) is 12.4 Å². The summed E-state index contributed by atoms with van der Waals surface area (Å²) in [4.78, 5) is 10.6. The van der Waals surface area contributed by atoms with Gasteiger partial charge in [0.25, 0.3) is 0 Å². The summed E-state index contributed by atoms with van der Waals surface area (Å²) in [5.41, 5.74) is 0.374. The maximum Gasteiger partial charge on any atom is 0.158 e. The van der Waals surface area contributed by atoms with Crippen LogP contribution in [-0.4, -0.2) is 23.1 Å². The standard InChI is InChI=1S/C13H18N4/c1-10-5-3-4-6-12(10)17(2)13-9-15-11(7-14)8-16-13/h8-10,12H,3-6H2,1-2H3. The van der Waals surface area contributed by atoms with E-state index in [4.69, 9.17) is 5.26 Å². The molecule has 2 atom stereocenters. The Labute approximate surface area is 102 Å². The van der Waals surface area contributed by atoms with Gasteiger partial charge in [-0.15, -0.1) is 0 Å². The molecule has 0 aromatic carbocycles. The van der Waals surface area contributed by atoms with E-state index in [1.54, 1.807) is 12.4 Å². The minimum Gasteiger partial charge on any atom is -0.355 e. The molecule has 1 aromatic rings. The van der Waals surface area contributed by atoms with Crippen molar-refractivity contribution in [1.82, 2.24) is 9.97 Å². The molecule has 0 N–H and O–H groups in total. The third-order valence-electron chi connectivity index (χ3n) is 3.68. The Bertz CT molecular complexity index is 406. The molecule has 0 bridgehead atoms. The summed E-state index contributed by atoms with van der Waals surface area (Å²) in [5, 5.41) is 8.69. The van der Waals surface area contributed by atoms with E-state index in [9.17, 15) is 0 Å². The first-order chi connectivity index (χ1) is 8.22. The molecule has 0 spiro atoms. The zero-order chi connectivity index (χ0) is 12.3. The quantitative estimate of drug-likeness (QED) is 0.782. The molecule has 1 saturated carbocycles. The van der Waals surface area contributed by atoms with Gasteiger partial charge in [-0.05, 0) is 18.8 Å². The maximum absolute atomic E-state index is 8.69. The summed E-state index contributed by atoms with van der Waals surface area (Å²) in [6, 6.07) is 2.54. The van der Waals surface area contributed by atoms with Gasteiger partial charge in [0, 0.05) is 13.1 Å². The fraction of sp³-hybridized carbons (Fsp3) is 0.615. The Morgan fingerprint density at radius 1 is 1.29 bits per heavy atom. The molecule has 1 aliphatic carbocycles. The van der Waals surface area contributed by atoms with Gasteiger partial charge in [-0.2, -0.15) is 5.26 Å². The minimum absolute atomic E-state index is 0.374. The number of nitriles is 1. The van der Waals surface area contributed by atoms with E-state index >= 15 is 0 Å². The monoisotopic (exact) mass is 230 g/mol. The van der Waals surface area contributed by atoms with Crippen LogP contribution in [0.2, 0.25) is 0 Å². The predicted molar refractivity (Wildman–Crippen MR) is 66.6 cm³/mol. The number of aromatic nitrogens is 2. The molecular weight excluding hydrogens is 212 g/mol. The van der Waals surface area contributed by atoms with Crippen LogP contribution in [0, 0.1) is 17.2 Å².